The van der Waals surface area contributed by atoms with E-state index in [9.17, 15) is 23.1 Å². The summed E-state index contributed by atoms with van der Waals surface area (Å²) in [4.78, 5) is 19.4. The number of benzene rings is 1. The highest BCUT2D eigenvalue weighted by Gasteiger charge is 2.30. The molecule has 0 aliphatic rings. The molecule has 0 radical (unpaired) electrons. The van der Waals surface area contributed by atoms with Crippen LogP contribution in [0, 0.1) is 0 Å². The van der Waals surface area contributed by atoms with Crippen molar-refractivity contribution in [3.8, 4) is 5.75 Å². The summed E-state index contributed by atoms with van der Waals surface area (Å²) >= 11 is 1.24. The van der Waals surface area contributed by atoms with Crippen LogP contribution in [0.5, 0.6) is 5.75 Å². The maximum Gasteiger partial charge on any atom is 0.387 e. The molecule has 0 fully saturated rings. The Kier molecular flexibility index (Phi) is 5.66. The summed E-state index contributed by atoms with van der Waals surface area (Å²) in [6.45, 7) is -2.70. The molecule has 3 N–H and O–H groups in total. The van der Waals surface area contributed by atoms with E-state index in [1.54, 1.807) is 29.6 Å². The van der Waals surface area contributed by atoms with Crippen LogP contribution in [0.4, 0.5) is 8.78 Å². The van der Waals surface area contributed by atoms with E-state index < -0.39 is 20.0 Å². The lowest BCUT2D eigenvalue weighted by Gasteiger charge is -2.18. The summed E-state index contributed by atoms with van der Waals surface area (Å²) < 4.78 is 39.9. The molecule has 1 aromatic heterocycles. The normalized spacial score (nSPS) is 13.3. The van der Waals surface area contributed by atoms with Crippen LogP contribution >= 0.6 is 18.9 Å². The van der Waals surface area contributed by atoms with Gasteiger partial charge in [-0.25, -0.2) is 0 Å². The molecule has 0 amide bonds. The first-order chi connectivity index (χ1) is 10.4. The Labute approximate surface area is 129 Å². The first kappa shape index (κ1) is 17.1. The predicted octanol–water partition coefficient (Wildman–Crippen LogP) is 3.32. The van der Waals surface area contributed by atoms with E-state index in [1.165, 1.54) is 23.5 Å². The van der Waals surface area contributed by atoms with Gasteiger partial charge in [-0.3, -0.25) is 9.88 Å². The zero-order chi connectivity index (χ0) is 16.2. The molecule has 22 heavy (non-hydrogen) atoms. The van der Waals surface area contributed by atoms with Crippen molar-refractivity contribution in [3.05, 3.63) is 52.2 Å². The van der Waals surface area contributed by atoms with E-state index in [2.05, 4.69) is 10.1 Å². The summed E-state index contributed by atoms with van der Waals surface area (Å²) in [5.74, 6) is -1.06. The van der Waals surface area contributed by atoms with Crippen molar-refractivity contribution in [3.63, 3.8) is 0 Å². The summed E-state index contributed by atoms with van der Waals surface area (Å²) in [7, 11) is -4.35. The molecule has 120 valence electrons. The SMILES string of the molecule is O=P(O)(O)C(NCc1ccc(OC(F)F)cc1)c1cccs1. The van der Waals surface area contributed by atoms with Gasteiger partial charge in [0.1, 0.15) is 11.5 Å². The predicted molar refractivity (Wildman–Crippen MR) is 79.0 cm³/mol. The first-order valence-electron chi connectivity index (χ1n) is 6.22. The second-order valence-electron chi connectivity index (χ2n) is 4.41. The van der Waals surface area contributed by atoms with Crippen LogP contribution in [0.15, 0.2) is 41.8 Å². The Hall–Kier alpha value is -1.31. The Morgan fingerprint density at radius 1 is 1.23 bits per heavy atom. The largest absolute Gasteiger partial charge is 0.435 e. The van der Waals surface area contributed by atoms with Crippen molar-refractivity contribution >= 4 is 18.9 Å². The molecule has 0 saturated heterocycles. The number of halogens is 2. The molecular formula is C13H14F2NO4PS. The van der Waals surface area contributed by atoms with Gasteiger partial charge >= 0.3 is 14.2 Å². The van der Waals surface area contributed by atoms with E-state index >= 15 is 0 Å². The summed E-state index contributed by atoms with van der Waals surface area (Å²) in [6, 6.07) is 9.20. The minimum Gasteiger partial charge on any atom is -0.435 e. The zero-order valence-corrected chi connectivity index (χ0v) is 12.9. The standard InChI is InChI=1S/C13H14F2NO4PS/c14-13(15)20-10-5-3-9(4-6-10)8-16-12(21(17,18)19)11-2-1-7-22-11/h1-7,12-13,16H,8H2,(H2,17,18,19). The Bertz CT molecular complexity index is 630. The van der Waals surface area contributed by atoms with Gasteiger partial charge in [0.15, 0.2) is 0 Å². The third-order valence-corrected chi connectivity index (χ3v) is 5.04. The molecule has 1 aromatic carbocycles. The molecule has 0 saturated carbocycles. The third-order valence-electron chi connectivity index (χ3n) is 2.80. The van der Waals surface area contributed by atoms with Gasteiger partial charge < -0.3 is 14.5 Å². The zero-order valence-electron chi connectivity index (χ0n) is 11.2. The van der Waals surface area contributed by atoms with Crippen molar-refractivity contribution < 1.29 is 27.9 Å². The topological polar surface area (TPSA) is 78.8 Å². The van der Waals surface area contributed by atoms with E-state index in [4.69, 9.17) is 0 Å². The second kappa shape index (κ2) is 7.30. The minimum absolute atomic E-state index is 0.0311. The van der Waals surface area contributed by atoms with Crippen LogP contribution in [0.25, 0.3) is 0 Å². The quantitative estimate of drug-likeness (QED) is 0.669. The molecule has 2 aromatic rings. The lowest BCUT2D eigenvalue weighted by atomic mass is 10.2. The van der Waals surface area contributed by atoms with E-state index in [0.29, 0.717) is 10.4 Å². The highest BCUT2D eigenvalue weighted by molar-refractivity contribution is 7.52. The van der Waals surface area contributed by atoms with E-state index in [-0.39, 0.29) is 12.3 Å². The van der Waals surface area contributed by atoms with Crippen molar-refractivity contribution in [2.24, 2.45) is 0 Å². The van der Waals surface area contributed by atoms with E-state index in [0.717, 1.165) is 0 Å². The fourth-order valence-corrected chi connectivity index (χ4v) is 3.86. The average Bonchev–Trinajstić information content (AvgIpc) is 2.92. The van der Waals surface area contributed by atoms with E-state index in [1.807, 2.05) is 0 Å². The number of nitrogens with one attached hydrogen (secondary N) is 1. The van der Waals surface area contributed by atoms with Gasteiger partial charge in [-0.05, 0) is 29.1 Å². The highest BCUT2D eigenvalue weighted by atomic mass is 32.1. The molecule has 0 aliphatic carbocycles. The van der Waals surface area contributed by atoms with Gasteiger partial charge in [0.25, 0.3) is 0 Å². The monoisotopic (exact) mass is 349 g/mol. The molecule has 1 unspecified atom stereocenters. The molecule has 0 aliphatic heterocycles. The molecule has 0 spiro atoms. The molecule has 1 heterocycles. The Balaban J connectivity index is 2.02. The van der Waals surface area contributed by atoms with Crippen molar-refractivity contribution in [2.75, 3.05) is 0 Å². The van der Waals surface area contributed by atoms with Crippen LogP contribution in [0.3, 0.4) is 0 Å². The molecule has 5 nitrogen and oxygen atoms in total. The number of hydrogen-bond donors (Lipinski definition) is 3. The van der Waals surface area contributed by atoms with Gasteiger partial charge in [0.2, 0.25) is 0 Å². The van der Waals surface area contributed by atoms with Gasteiger partial charge in [0.05, 0.1) is 0 Å². The molecule has 2 rings (SSSR count). The van der Waals surface area contributed by atoms with Gasteiger partial charge in [0, 0.05) is 11.4 Å². The van der Waals surface area contributed by atoms with Crippen molar-refractivity contribution in [1.29, 1.82) is 0 Å². The molecular weight excluding hydrogens is 335 g/mol. The maximum absolute atomic E-state index is 12.0. The first-order valence-corrected chi connectivity index (χ1v) is 8.78. The molecule has 1 atom stereocenters. The number of thiophene rings is 1. The number of alkyl halides is 2. The summed E-state index contributed by atoms with van der Waals surface area (Å²) in [5.41, 5.74) is 0.691. The van der Waals surface area contributed by atoms with Gasteiger partial charge in [-0.1, -0.05) is 18.2 Å². The lowest BCUT2D eigenvalue weighted by molar-refractivity contribution is -0.0498. The smallest absolute Gasteiger partial charge is 0.387 e. The van der Waals surface area contributed by atoms with Crippen LogP contribution in [0.2, 0.25) is 0 Å². The van der Waals surface area contributed by atoms with Crippen molar-refractivity contribution in [1.82, 2.24) is 5.32 Å². The summed E-state index contributed by atoms with van der Waals surface area (Å²) in [5, 5.41) is 4.53. The maximum atomic E-state index is 12.0. The number of rotatable bonds is 7. The Morgan fingerprint density at radius 2 is 1.91 bits per heavy atom. The fraction of sp³-hybridized carbons (Fsp3) is 0.231. The van der Waals surface area contributed by atoms with Gasteiger partial charge in [-0.2, -0.15) is 8.78 Å². The average molecular weight is 349 g/mol. The Morgan fingerprint density at radius 3 is 2.41 bits per heavy atom. The van der Waals surface area contributed by atoms with Crippen LogP contribution in [-0.4, -0.2) is 16.4 Å². The molecule has 9 heteroatoms. The summed E-state index contributed by atoms with van der Waals surface area (Å²) in [6.07, 6.45) is 0. The fourth-order valence-electron chi connectivity index (χ4n) is 1.84. The van der Waals surface area contributed by atoms with Crippen molar-refractivity contribution in [2.45, 2.75) is 18.9 Å². The minimum atomic E-state index is -4.35. The van der Waals surface area contributed by atoms with Crippen LogP contribution < -0.4 is 10.1 Å². The van der Waals surface area contributed by atoms with Gasteiger partial charge in [-0.15, -0.1) is 11.3 Å². The van der Waals surface area contributed by atoms with Crippen LogP contribution in [0.1, 0.15) is 16.2 Å². The lowest BCUT2D eigenvalue weighted by Crippen LogP contribution is -2.20. The number of ether oxygens (including phenoxy) is 1. The molecule has 0 bridgehead atoms. The number of hydrogen-bond acceptors (Lipinski definition) is 4. The van der Waals surface area contributed by atoms with Crippen LogP contribution in [-0.2, 0) is 11.1 Å². The second-order valence-corrected chi connectivity index (χ2v) is 7.08. The highest BCUT2D eigenvalue weighted by Crippen LogP contribution is 2.51. The third kappa shape index (κ3) is 4.86.